The maximum atomic E-state index is 13.2. The summed E-state index contributed by atoms with van der Waals surface area (Å²) in [6, 6.07) is 7.54. The van der Waals surface area contributed by atoms with Crippen molar-refractivity contribution in [3.05, 3.63) is 52.8 Å². The maximum absolute atomic E-state index is 13.2. The topological polar surface area (TPSA) is 65.8 Å². The zero-order chi connectivity index (χ0) is 22.0. The summed E-state index contributed by atoms with van der Waals surface area (Å²) in [6.07, 6.45) is 3.27. The minimum absolute atomic E-state index is 0.00278. The number of hydrogen-bond acceptors (Lipinski definition) is 6. The number of carbonyl (C=O) groups excluding carboxylic acids is 1. The molecule has 0 radical (unpaired) electrons. The van der Waals surface area contributed by atoms with E-state index in [1.807, 2.05) is 53.0 Å². The summed E-state index contributed by atoms with van der Waals surface area (Å²) in [5.74, 6) is 1.97. The van der Waals surface area contributed by atoms with E-state index in [4.69, 9.17) is 14.2 Å². The molecule has 1 fully saturated rings. The molecule has 0 atom stereocenters. The predicted molar refractivity (Wildman–Crippen MR) is 120 cm³/mol. The molecular formula is C23H27N3O4S. The van der Waals surface area contributed by atoms with Crippen LogP contribution in [0.15, 0.2) is 35.8 Å². The lowest BCUT2D eigenvalue weighted by molar-refractivity contribution is 0.0584. The highest BCUT2D eigenvalue weighted by molar-refractivity contribution is 7.12. The van der Waals surface area contributed by atoms with Crippen molar-refractivity contribution in [2.45, 2.75) is 32.8 Å². The Bertz CT molecular complexity index is 1030. The third kappa shape index (κ3) is 4.12. The lowest BCUT2D eigenvalue weighted by Gasteiger charge is -2.32. The second-order valence-corrected chi connectivity index (χ2v) is 8.41. The average molecular weight is 442 g/mol. The van der Waals surface area contributed by atoms with Crippen molar-refractivity contribution in [1.29, 1.82) is 0 Å². The van der Waals surface area contributed by atoms with Crippen molar-refractivity contribution in [3.63, 3.8) is 0 Å². The van der Waals surface area contributed by atoms with Gasteiger partial charge in [-0.05, 0) is 32.0 Å². The van der Waals surface area contributed by atoms with Crippen LogP contribution in [0.25, 0.3) is 5.13 Å². The van der Waals surface area contributed by atoms with E-state index in [1.54, 1.807) is 31.8 Å². The summed E-state index contributed by atoms with van der Waals surface area (Å²) >= 11 is 1.56. The van der Waals surface area contributed by atoms with Crippen molar-refractivity contribution in [2.24, 2.45) is 0 Å². The molecule has 1 aliphatic heterocycles. The Morgan fingerprint density at radius 3 is 2.39 bits per heavy atom. The van der Waals surface area contributed by atoms with Gasteiger partial charge in [-0.15, -0.1) is 11.3 Å². The smallest absolute Gasteiger partial charge is 0.255 e. The quantitative estimate of drug-likeness (QED) is 0.572. The van der Waals surface area contributed by atoms with Gasteiger partial charge >= 0.3 is 0 Å². The number of likely N-dealkylation sites (tertiary alicyclic amines) is 1. The molecule has 8 heteroatoms. The standard InChI is InChI=1S/C23H27N3O4S/c1-15-14-18(16(2)26(15)23-24-10-13-31-23)22(27)25-11-8-17(9-12-25)30-21-19(28-3)6-5-7-20(21)29-4/h5-7,10,13-14,17H,8-9,11-12H2,1-4H3. The van der Waals surface area contributed by atoms with E-state index in [2.05, 4.69) is 4.98 Å². The van der Waals surface area contributed by atoms with E-state index in [1.165, 1.54) is 0 Å². The van der Waals surface area contributed by atoms with Gasteiger partial charge in [0.05, 0.1) is 19.8 Å². The lowest BCUT2D eigenvalue weighted by atomic mass is 10.1. The molecule has 31 heavy (non-hydrogen) atoms. The van der Waals surface area contributed by atoms with E-state index in [9.17, 15) is 4.79 Å². The normalized spacial score (nSPS) is 14.5. The number of hydrogen-bond donors (Lipinski definition) is 0. The number of aromatic nitrogens is 2. The van der Waals surface area contributed by atoms with Crippen LogP contribution in [0.4, 0.5) is 0 Å². The van der Waals surface area contributed by atoms with Crippen LogP contribution in [-0.4, -0.2) is 53.8 Å². The number of carbonyl (C=O) groups is 1. The summed E-state index contributed by atoms with van der Waals surface area (Å²) in [5.41, 5.74) is 2.67. The highest BCUT2D eigenvalue weighted by Gasteiger charge is 2.28. The van der Waals surface area contributed by atoms with Gasteiger partial charge in [0.1, 0.15) is 6.10 Å². The molecule has 0 unspecified atom stereocenters. The SMILES string of the molecule is COc1cccc(OC)c1OC1CCN(C(=O)c2cc(C)n(-c3nccs3)c2C)CC1. The zero-order valence-corrected chi connectivity index (χ0v) is 19.1. The molecule has 4 rings (SSSR count). The minimum atomic E-state index is -0.00278. The fourth-order valence-electron chi connectivity index (χ4n) is 4.05. The molecule has 0 bridgehead atoms. The molecule has 0 saturated carbocycles. The second-order valence-electron chi connectivity index (χ2n) is 7.54. The van der Waals surface area contributed by atoms with Gasteiger partial charge in [-0.3, -0.25) is 9.36 Å². The summed E-state index contributed by atoms with van der Waals surface area (Å²) < 4.78 is 19.1. The Labute approximate surface area is 186 Å². The van der Waals surface area contributed by atoms with Crippen LogP contribution in [0.2, 0.25) is 0 Å². The molecule has 7 nitrogen and oxygen atoms in total. The molecule has 1 aromatic carbocycles. The first kappa shape index (κ1) is 21.2. The molecule has 2 aromatic heterocycles. The maximum Gasteiger partial charge on any atom is 0.255 e. The van der Waals surface area contributed by atoms with Crippen LogP contribution in [0.1, 0.15) is 34.6 Å². The van der Waals surface area contributed by atoms with Gasteiger partial charge in [-0.25, -0.2) is 4.98 Å². The molecule has 1 amide bonds. The average Bonchev–Trinajstić information content (AvgIpc) is 3.41. The van der Waals surface area contributed by atoms with Crippen LogP contribution < -0.4 is 14.2 Å². The van der Waals surface area contributed by atoms with E-state index < -0.39 is 0 Å². The molecule has 0 aliphatic carbocycles. The van der Waals surface area contributed by atoms with E-state index in [0.717, 1.165) is 34.9 Å². The van der Waals surface area contributed by atoms with Crippen LogP contribution in [-0.2, 0) is 0 Å². The van der Waals surface area contributed by atoms with E-state index >= 15 is 0 Å². The van der Waals surface area contributed by atoms with Crippen LogP contribution in [0.5, 0.6) is 17.2 Å². The molecule has 3 aromatic rings. The number of rotatable bonds is 6. The number of para-hydroxylation sites is 1. The summed E-state index contributed by atoms with van der Waals surface area (Å²) in [5, 5.41) is 2.82. The second kappa shape index (κ2) is 9.01. The first-order valence-electron chi connectivity index (χ1n) is 10.3. The molecule has 3 heterocycles. The van der Waals surface area contributed by atoms with Gasteiger partial charge in [0.2, 0.25) is 5.75 Å². The number of methoxy groups -OCH3 is 2. The van der Waals surface area contributed by atoms with Gasteiger partial charge < -0.3 is 19.1 Å². The third-order valence-electron chi connectivity index (χ3n) is 5.67. The molecule has 0 spiro atoms. The van der Waals surface area contributed by atoms with Crippen molar-refractivity contribution in [1.82, 2.24) is 14.5 Å². The van der Waals surface area contributed by atoms with Crippen molar-refractivity contribution in [2.75, 3.05) is 27.3 Å². The van der Waals surface area contributed by atoms with Crippen molar-refractivity contribution in [3.8, 4) is 22.4 Å². The van der Waals surface area contributed by atoms with Gasteiger partial charge in [-0.2, -0.15) is 0 Å². The van der Waals surface area contributed by atoms with E-state index in [-0.39, 0.29) is 12.0 Å². The number of nitrogens with zero attached hydrogens (tertiary/aromatic N) is 3. The Kier molecular flexibility index (Phi) is 6.18. The number of ether oxygens (including phenoxy) is 3. The van der Waals surface area contributed by atoms with Crippen LogP contribution >= 0.6 is 11.3 Å². The van der Waals surface area contributed by atoms with Crippen LogP contribution in [0, 0.1) is 13.8 Å². The first-order valence-corrected chi connectivity index (χ1v) is 11.2. The highest BCUT2D eigenvalue weighted by atomic mass is 32.1. The van der Waals surface area contributed by atoms with Crippen LogP contribution in [0.3, 0.4) is 0 Å². The number of aryl methyl sites for hydroxylation is 1. The molecule has 1 saturated heterocycles. The summed E-state index contributed by atoms with van der Waals surface area (Å²) in [7, 11) is 3.23. The van der Waals surface area contributed by atoms with Crippen molar-refractivity contribution >= 4 is 17.2 Å². The minimum Gasteiger partial charge on any atom is -0.493 e. The number of thiazole rings is 1. The van der Waals surface area contributed by atoms with Gasteiger partial charge in [0.25, 0.3) is 5.91 Å². The third-order valence-corrected chi connectivity index (χ3v) is 6.43. The molecular weight excluding hydrogens is 414 g/mol. The van der Waals surface area contributed by atoms with Gasteiger partial charge in [0.15, 0.2) is 16.6 Å². The fraction of sp³-hybridized carbons (Fsp3) is 0.391. The molecule has 0 N–H and O–H groups in total. The van der Waals surface area contributed by atoms with E-state index in [0.29, 0.717) is 30.3 Å². The zero-order valence-electron chi connectivity index (χ0n) is 18.3. The van der Waals surface area contributed by atoms with Gasteiger partial charge in [0, 0.05) is 48.9 Å². The number of benzene rings is 1. The molecule has 164 valence electrons. The number of piperidine rings is 1. The lowest BCUT2D eigenvalue weighted by Crippen LogP contribution is -2.42. The number of amides is 1. The highest BCUT2D eigenvalue weighted by Crippen LogP contribution is 2.38. The summed E-state index contributed by atoms with van der Waals surface area (Å²) in [4.78, 5) is 19.5. The summed E-state index contributed by atoms with van der Waals surface area (Å²) in [6.45, 7) is 5.26. The van der Waals surface area contributed by atoms with Gasteiger partial charge in [-0.1, -0.05) is 6.07 Å². The largest absolute Gasteiger partial charge is 0.493 e. The predicted octanol–water partition coefficient (Wildman–Crippen LogP) is 4.25. The Morgan fingerprint density at radius 2 is 1.81 bits per heavy atom. The first-order chi connectivity index (χ1) is 15.0. The molecule has 1 aliphatic rings. The van der Waals surface area contributed by atoms with Crippen molar-refractivity contribution < 1.29 is 19.0 Å². The Balaban J connectivity index is 1.44. The Morgan fingerprint density at radius 1 is 1.13 bits per heavy atom. The monoisotopic (exact) mass is 441 g/mol. The fourth-order valence-corrected chi connectivity index (χ4v) is 4.80. The Hall–Kier alpha value is -3.00.